The van der Waals surface area contributed by atoms with Crippen LogP contribution in [0.3, 0.4) is 0 Å². The van der Waals surface area contributed by atoms with Crippen molar-refractivity contribution in [2.24, 2.45) is 0 Å². The van der Waals surface area contributed by atoms with Gasteiger partial charge in [-0.05, 0) is 109 Å². The molecule has 16 aromatic rings. The van der Waals surface area contributed by atoms with E-state index in [1.807, 2.05) is 72.8 Å². The van der Waals surface area contributed by atoms with Crippen LogP contribution in [0.25, 0.3) is 137 Å². The lowest BCUT2D eigenvalue weighted by Crippen LogP contribution is -2.18. The Hall–Kier alpha value is -10.4. The lowest BCUT2D eigenvalue weighted by Gasteiger charge is -2.30. The molecule has 0 aliphatic heterocycles. The van der Waals surface area contributed by atoms with Crippen LogP contribution < -0.4 is 0 Å². The number of fused-ring (bicyclic) bond motifs is 15. The Morgan fingerprint density at radius 2 is 0.429 bits per heavy atom. The van der Waals surface area contributed by atoms with Crippen LogP contribution >= 0.6 is 0 Å². The number of nitriles is 1. The van der Waals surface area contributed by atoms with Gasteiger partial charge in [-0.15, -0.1) is 0 Å². The highest BCUT2D eigenvalue weighted by Crippen LogP contribution is 2.52. The number of aromatic nitrogens is 5. The summed E-state index contributed by atoms with van der Waals surface area (Å²) in [6.07, 6.45) is 0. The van der Waals surface area contributed by atoms with Crippen LogP contribution in [0.2, 0.25) is 0 Å². The SMILES string of the molecule is N#Cc1c(-n2c3ccccc3c3ccccc32)c(-n2c3ccc(F)cc3c3cc(F)ccc32)c(-n2c3ccccc3c3ccccc32)c(-n2c3ccc(F)cc3c3cc(F)ccc32)c1-n1c2ccccc2c2ccccc21. The molecule has 77 heavy (non-hydrogen) atoms. The number of hydrogen-bond donors (Lipinski definition) is 0. The van der Waals surface area contributed by atoms with E-state index < -0.39 is 23.3 Å². The Kier molecular flexibility index (Phi) is 8.85. The minimum Gasteiger partial charge on any atom is -0.306 e. The summed E-state index contributed by atoms with van der Waals surface area (Å²) >= 11 is 0. The van der Waals surface area contributed by atoms with E-state index in [0.717, 1.165) is 65.4 Å². The average Bonchev–Trinajstić information content (AvgIpc) is 4.11. The molecule has 0 saturated heterocycles. The Labute approximate surface area is 434 Å². The number of rotatable bonds is 5. The maximum absolute atomic E-state index is 16.0. The van der Waals surface area contributed by atoms with Gasteiger partial charge >= 0.3 is 0 Å². The zero-order valence-electron chi connectivity index (χ0n) is 40.5. The minimum absolute atomic E-state index is 0.246. The summed E-state index contributed by atoms with van der Waals surface area (Å²) in [5, 5.41) is 20.3. The van der Waals surface area contributed by atoms with Crippen LogP contribution in [0.4, 0.5) is 17.6 Å². The van der Waals surface area contributed by atoms with Gasteiger partial charge in [0.15, 0.2) is 0 Å². The highest BCUT2D eigenvalue weighted by Gasteiger charge is 2.36. The van der Waals surface area contributed by atoms with Crippen molar-refractivity contribution in [3.63, 3.8) is 0 Å². The van der Waals surface area contributed by atoms with E-state index >= 15 is 17.6 Å². The molecule has 0 atom stereocenters. The maximum atomic E-state index is 16.0. The third-order valence-corrected chi connectivity index (χ3v) is 15.7. The van der Waals surface area contributed by atoms with Gasteiger partial charge in [0.1, 0.15) is 34.9 Å². The molecule has 5 heterocycles. The molecule has 0 unspecified atom stereocenters. The van der Waals surface area contributed by atoms with Crippen LogP contribution in [-0.4, -0.2) is 22.8 Å². The number of nitrogens with zero attached hydrogens (tertiary/aromatic N) is 6. The van der Waals surface area contributed by atoms with Crippen molar-refractivity contribution in [1.29, 1.82) is 5.26 Å². The van der Waals surface area contributed by atoms with Crippen molar-refractivity contribution in [3.8, 4) is 34.5 Å². The van der Waals surface area contributed by atoms with Crippen LogP contribution in [0.15, 0.2) is 218 Å². The molecule has 5 aromatic heterocycles. The van der Waals surface area contributed by atoms with Gasteiger partial charge in [0, 0.05) is 53.9 Å². The summed E-state index contributed by atoms with van der Waals surface area (Å²) in [6.45, 7) is 0. The van der Waals surface area contributed by atoms with E-state index in [2.05, 4.69) is 102 Å². The second-order valence-corrected chi connectivity index (χ2v) is 19.7. The van der Waals surface area contributed by atoms with Crippen molar-refractivity contribution in [2.45, 2.75) is 0 Å². The second kappa shape index (κ2) is 15.8. The van der Waals surface area contributed by atoms with Gasteiger partial charge in [0.05, 0.1) is 83.6 Å². The molecule has 6 nitrogen and oxygen atoms in total. The highest BCUT2D eigenvalue weighted by atomic mass is 19.1. The topological polar surface area (TPSA) is 48.4 Å². The van der Waals surface area contributed by atoms with E-state index in [1.165, 1.54) is 48.5 Å². The summed E-state index contributed by atoms with van der Waals surface area (Å²) in [7, 11) is 0. The monoisotopic (exact) mass is 1000 g/mol. The summed E-state index contributed by atoms with van der Waals surface area (Å²) in [5.74, 6) is -2.02. The Bertz CT molecular complexity index is 4770. The van der Waals surface area contributed by atoms with E-state index in [4.69, 9.17) is 0 Å². The number of hydrogen-bond acceptors (Lipinski definition) is 1. The van der Waals surface area contributed by atoms with Gasteiger partial charge in [0.2, 0.25) is 0 Å². The van der Waals surface area contributed by atoms with Crippen molar-refractivity contribution < 1.29 is 17.6 Å². The number of benzene rings is 11. The molecule has 0 N–H and O–H groups in total. The molecule has 362 valence electrons. The smallest absolute Gasteiger partial charge is 0.123 e. The normalized spacial score (nSPS) is 12.1. The molecular formula is C67H36F4N6. The molecule has 0 fully saturated rings. The number of para-hydroxylation sites is 6. The molecule has 0 amide bonds. The minimum atomic E-state index is -0.504. The van der Waals surface area contributed by atoms with Gasteiger partial charge in [-0.1, -0.05) is 109 Å². The number of halogens is 4. The van der Waals surface area contributed by atoms with Gasteiger partial charge in [0.25, 0.3) is 0 Å². The summed E-state index contributed by atoms with van der Waals surface area (Å²) < 4.78 is 74.5. The lowest BCUT2D eigenvalue weighted by molar-refractivity contribution is 0.628. The van der Waals surface area contributed by atoms with Gasteiger partial charge in [-0.3, -0.25) is 0 Å². The molecule has 0 aliphatic rings. The van der Waals surface area contributed by atoms with E-state index in [-0.39, 0.29) is 5.56 Å². The summed E-state index contributed by atoms with van der Waals surface area (Å²) in [4.78, 5) is 0. The molecule has 0 bridgehead atoms. The fraction of sp³-hybridized carbons (Fsp3) is 0. The Morgan fingerprint density at radius 1 is 0.234 bits per heavy atom. The van der Waals surface area contributed by atoms with E-state index in [1.54, 1.807) is 24.3 Å². The quantitative estimate of drug-likeness (QED) is 0.159. The standard InChI is InChI=1S/C67H36F4N6/c68-38-25-29-59-48(33-38)49-34-39(69)26-30-60(49)76(59)65-63(73-53-19-7-1-13-42(53)43-14-2-8-20-54(43)73)52(37-72)64(74-55-21-9-3-15-44(55)45-16-4-10-22-56(45)74)66(67(65)75-57-23-11-5-17-46(57)47-18-6-12-24-58(47)75)77-61-31-27-40(70)35-50(61)51-36-41(71)28-32-62(51)77/h1-36H. The first-order valence-electron chi connectivity index (χ1n) is 25.2. The average molecular weight is 1000 g/mol. The lowest BCUT2D eigenvalue weighted by atomic mass is 10.0. The second-order valence-electron chi connectivity index (χ2n) is 19.7. The van der Waals surface area contributed by atoms with Gasteiger partial charge < -0.3 is 22.8 Å². The van der Waals surface area contributed by atoms with Crippen molar-refractivity contribution >= 4 is 109 Å². The molecular weight excluding hydrogens is 965 g/mol. The third-order valence-electron chi connectivity index (χ3n) is 15.7. The largest absolute Gasteiger partial charge is 0.306 e. The predicted octanol–water partition coefficient (Wildman–Crippen LogP) is 17.6. The summed E-state index contributed by atoms with van der Waals surface area (Å²) in [6, 6.07) is 70.0. The Balaban J connectivity index is 1.31. The molecule has 0 saturated carbocycles. The first-order valence-corrected chi connectivity index (χ1v) is 25.2. The third kappa shape index (κ3) is 5.82. The fourth-order valence-corrected chi connectivity index (χ4v) is 12.8. The molecule has 0 spiro atoms. The molecule has 0 aliphatic carbocycles. The van der Waals surface area contributed by atoms with Crippen molar-refractivity contribution in [3.05, 3.63) is 247 Å². The van der Waals surface area contributed by atoms with Crippen LogP contribution in [-0.2, 0) is 0 Å². The molecule has 0 radical (unpaired) electrons. The molecule has 16 rings (SSSR count). The Morgan fingerprint density at radius 3 is 0.662 bits per heavy atom. The van der Waals surface area contributed by atoms with Crippen LogP contribution in [0.1, 0.15) is 5.56 Å². The van der Waals surface area contributed by atoms with Crippen LogP contribution in [0, 0.1) is 34.6 Å². The molecule has 10 heteroatoms. The molecule has 11 aromatic carbocycles. The summed E-state index contributed by atoms with van der Waals surface area (Å²) in [5.41, 5.74) is 9.80. The van der Waals surface area contributed by atoms with E-state index in [9.17, 15) is 5.26 Å². The van der Waals surface area contributed by atoms with Crippen molar-refractivity contribution in [2.75, 3.05) is 0 Å². The fourth-order valence-electron chi connectivity index (χ4n) is 12.8. The maximum Gasteiger partial charge on any atom is 0.123 e. The first kappa shape index (κ1) is 43.1. The zero-order chi connectivity index (χ0) is 51.4. The van der Waals surface area contributed by atoms with E-state index in [0.29, 0.717) is 72.0 Å². The van der Waals surface area contributed by atoms with Crippen molar-refractivity contribution in [1.82, 2.24) is 22.8 Å². The highest BCUT2D eigenvalue weighted by molar-refractivity contribution is 6.18. The van der Waals surface area contributed by atoms with Gasteiger partial charge in [-0.2, -0.15) is 5.26 Å². The van der Waals surface area contributed by atoms with Crippen LogP contribution in [0.5, 0.6) is 0 Å². The van der Waals surface area contributed by atoms with Gasteiger partial charge in [-0.25, -0.2) is 17.6 Å². The first-order chi connectivity index (χ1) is 37.9. The zero-order valence-corrected chi connectivity index (χ0v) is 40.5. The predicted molar refractivity (Wildman–Crippen MR) is 303 cm³/mol.